The number of rotatable bonds is 7. The van der Waals surface area contributed by atoms with Crippen molar-refractivity contribution in [1.82, 2.24) is 4.90 Å². The number of halogens is 1. The lowest BCUT2D eigenvalue weighted by molar-refractivity contribution is -0.144. The number of aliphatic hydroxyl groups excluding tert-OH is 1. The summed E-state index contributed by atoms with van der Waals surface area (Å²) in [5.74, 6) is -2.12. The van der Waals surface area contributed by atoms with Crippen LogP contribution in [0.2, 0.25) is 5.02 Å². The molecular formula is C33H36ClN3O6. The Bertz CT molecular complexity index is 1470. The lowest BCUT2D eigenvalue weighted by atomic mass is 9.77. The number of anilines is 2. The Hall–Kier alpha value is -3.66. The van der Waals surface area contributed by atoms with E-state index in [0.29, 0.717) is 41.7 Å². The first kappa shape index (κ1) is 29.4. The van der Waals surface area contributed by atoms with E-state index in [1.54, 1.807) is 21.9 Å². The van der Waals surface area contributed by atoms with Gasteiger partial charge >= 0.3 is 0 Å². The second kappa shape index (κ2) is 11.4. The number of para-hydroxylation sites is 1. The van der Waals surface area contributed by atoms with Gasteiger partial charge in [0.15, 0.2) is 0 Å². The average Bonchev–Trinajstić information content (AvgIpc) is 3.31. The van der Waals surface area contributed by atoms with Crippen molar-refractivity contribution >= 4 is 40.7 Å². The van der Waals surface area contributed by atoms with Gasteiger partial charge in [-0.25, -0.2) is 0 Å². The fourth-order valence-electron chi connectivity index (χ4n) is 7.17. The minimum Gasteiger partial charge on any atom is -0.494 e. The van der Waals surface area contributed by atoms with E-state index >= 15 is 0 Å². The monoisotopic (exact) mass is 605 g/mol. The van der Waals surface area contributed by atoms with Crippen LogP contribution in [-0.4, -0.2) is 77.8 Å². The molecule has 0 aliphatic carbocycles. The predicted octanol–water partition coefficient (Wildman–Crippen LogP) is 3.90. The van der Waals surface area contributed by atoms with Gasteiger partial charge in [0.05, 0.1) is 47.9 Å². The Labute approximate surface area is 256 Å². The third kappa shape index (κ3) is 4.56. The topological polar surface area (TPSA) is 99.6 Å². The minimum atomic E-state index is -1.40. The van der Waals surface area contributed by atoms with Crippen molar-refractivity contribution in [2.24, 2.45) is 11.8 Å². The minimum absolute atomic E-state index is 0.215. The highest BCUT2D eigenvalue weighted by molar-refractivity contribution is 6.34. The number of ether oxygens (including phenoxy) is 2. The van der Waals surface area contributed by atoms with Crippen molar-refractivity contribution in [2.75, 3.05) is 36.1 Å². The van der Waals surface area contributed by atoms with Crippen LogP contribution in [0.25, 0.3) is 0 Å². The van der Waals surface area contributed by atoms with E-state index < -0.39 is 35.6 Å². The number of amides is 3. The summed E-state index contributed by atoms with van der Waals surface area (Å²) in [6.07, 6.45) is 7.04. The smallest absolute Gasteiger partial charge is 0.253 e. The molecule has 2 aromatic carbocycles. The van der Waals surface area contributed by atoms with Crippen LogP contribution in [-0.2, 0) is 19.1 Å². The number of carbonyl (C=O) groups excluding carboxylic acids is 3. The van der Waals surface area contributed by atoms with E-state index in [1.165, 1.54) is 4.90 Å². The van der Waals surface area contributed by atoms with Gasteiger partial charge in [-0.05, 0) is 56.2 Å². The predicted molar refractivity (Wildman–Crippen MR) is 163 cm³/mol. The maximum Gasteiger partial charge on any atom is 0.253 e. The van der Waals surface area contributed by atoms with Crippen molar-refractivity contribution < 1.29 is 29.0 Å². The number of likely N-dealkylation sites (tertiary alicyclic amines) is 1. The summed E-state index contributed by atoms with van der Waals surface area (Å²) in [6, 6.07) is 11.0. The van der Waals surface area contributed by atoms with Gasteiger partial charge in [0.1, 0.15) is 17.4 Å². The van der Waals surface area contributed by atoms with Gasteiger partial charge in [-0.15, -0.1) is 0 Å². The van der Waals surface area contributed by atoms with Gasteiger partial charge in [0.25, 0.3) is 5.91 Å². The Balaban J connectivity index is 1.44. The van der Waals surface area contributed by atoms with E-state index in [9.17, 15) is 19.5 Å². The summed E-state index contributed by atoms with van der Waals surface area (Å²) in [5.41, 5.74) is 0.646. The van der Waals surface area contributed by atoms with Crippen LogP contribution in [0.5, 0.6) is 5.75 Å². The van der Waals surface area contributed by atoms with Gasteiger partial charge in [0, 0.05) is 18.8 Å². The van der Waals surface area contributed by atoms with Crippen LogP contribution in [0, 0.1) is 18.8 Å². The van der Waals surface area contributed by atoms with Gasteiger partial charge in [-0.3, -0.25) is 14.4 Å². The molecule has 1 unspecified atom stereocenters. The van der Waals surface area contributed by atoms with Crippen LogP contribution >= 0.6 is 11.6 Å². The van der Waals surface area contributed by atoms with Gasteiger partial charge in [-0.2, -0.15) is 0 Å². The summed E-state index contributed by atoms with van der Waals surface area (Å²) in [6.45, 7) is 6.37. The van der Waals surface area contributed by atoms with E-state index in [0.717, 1.165) is 5.56 Å². The molecule has 2 fully saturated rings. The van der Waals surface area contributed by atoms with Crippen LogP contribution in [0.15, 0.2) is 66.8 Å². The van der Waals surface area contributed by atoms with E-state index in [-0.39, 0.29) is 30.9 Å². The van der Waals surface area contributed by atoms with E-state index in [2.05, 4.69) is 0 Å². The Morgan fingerprint density at radius 1 is 1.02 bits per heavy atom. The molecule has 6 atom stereocenters. The SMILES string of the molecule is CCOc1ccc(N2CC=C[C@@H]3O[C@]45C=CCN(c6c(C)cccc6Cl)C(=O)C4N([C@@H](CC)CO)C(=O)[C@@H]5[C@@H]3C2=O)cc1. The molecule has 10 heteroatoms. The summed E-state index contributed by atoms with van der Waals surface area (Å²) >= 11 is 6.62. The molecule has 2 aromatic rings. The number of fused-ring (bicyclic) bond motifs is 2. The molecule has 0 bridgehead atoms. The van der Waals surface area contributed by atoms with E-state index in [4.69, 9.17) is 21.1 Å². The average molecular weight is 606 g/mol. The molecular weight excluding hydrogens is 570 g/mol. The highest BCUT2D eigenvalue weighted by Gasteiger charge is 2.72. The molecule has 0 aromatic heterocycles. The quantitative estimate of drug-likeness (QED) is 0.481. The molecule has 2 saturated heterocycles. The first-order chi connectivity index (χ1) is 20.8. The summed E-state index contributed by atoms with van der Waals surface area (Å²) < 4.78 is 12.3. The van der Waals surface area contributed by atoms with Gasteiger partial charge in [-0.1, -0.05) is 55.0 Å². The molecule has 0 saturated carbocycles. The number of hydrogen-bond donors (Lipinski definition) is 1. The Kier molecular flexibility index (Phi) is 7.83. The van der Waals surface area contributed by atoms with Crippen molar-refractivity contribution in [3.8, 4) is 5.75 Å². The fourth-order valence-corrected chi connectivity index (χ4v) is 7.49. The zero-order chi connectivity index (χ0) is 30.5. The number of aliphatic hydroxyl groups is 1. The number of carbonyl (C=O) groups is 3. The molecule has 4 heterocycles. The van der Waals surface area contributed by atoms with Crippen LogP contribution < -0.4 is 14.5 Å². The maximum absolute atomic E-state index is 14.6. The highest BCUT2D eigenvalue weighted by atomic mass is 35.5. The van der Waals surface area contributed by atoms with Gasteiger partial charge in [0.2, 0.25) is 11.8 Å². The highest BCUT2D eigenvalue weighted by Crippen LogP contribution is 2.54. The van der Waals surface area contributed by atoms with Crippen molar-refractivity contribution in [3.63, 3.8) is 0 Å². The number of hydrogen-bond acceptors (Lipinski definition) is 6. The maximum atomic E-state index is 14.6. The number of benzene rings is 2. The largest absolute Gasteiger partial charge is 0.494 e. The standard InChI is InChI=1S/C33H36ClN3O6/c1-4-21(19-38)37-29-32(41)36(28-20(3)9-6-10-24(28)34)18-8-16-33(29)27(31(37)40)26-25(43-33)11-7-17-35(30(26)39)22-12-14-23(15-13-22)42-5-2/h6-16,21,25-27,29,38H,4-5,17-19H2,1-3H3/t21-,25-,26+,27-,29?,33-/m0/s1. The first-order valence-electron chi connectivity index (χ1n) is 14.8. The molecule has 1 spiro atoms. The van der Waals surface area contributed by atoms with E-state index in [1.807, 2.05) is 75.4 Å². The lowest BCUT2D eigenvalue weighted by Crippen LogP contribution is -2.58. The molecule has 1 N–H and O–H groups in total. The van der Waals surface area contributed by atoms with Crippen LogP contribution in [0.1, 0.15) is 25.8 Å². The Morgan fingerprint density at radius 2 is 1.77 bits per heavy atom. The normalized spacial score (nSPS) is 28.9. The molecule has 0 radical (unpaired) electrons. The van der Waals surface area contributed by atoms with Crippen LogP contribution in [0.4, 0.5) is 11.4 Å². The zero-order valence-corrected chi connectivity index (χ0v) is 25.2. The second-order valence-electron chi connectivity index (χ2n) is 11.4. The van der Waals surface area contributed by atoms with Crippen molar-refractivity contribution in [2.45, 2.75) is 51.0 Å². The molecule has 3 amide bonds. The first-order valence-corrected chi connectivity index (χ1v) is 15.2. The molecule has 6 rings (SSSR count). The summed E-state index contributed by atoms with van der Waals surface area (Å²) in [4.78, 5) is 48.2. The zero-order valence-electron chi connectivity index (χ0n) is 24.5. The van der Waals surface area contributed by atoms with Crippen molar-refractivity contribution in [3.05, 3.63) is 77.4 Å². The molecule has 4 aliphatic rings. The molecule has 4 aliphatic heterocycles. The fraction of sp³-hybridized carbons (Fsp3) is 0.424. The summed E-state index contributed by atoms with van der Waals surface area (Å²) in [5, 5.41) is 10.8. The molecule has 43 heavy (non-hydrogen) atoms. The summed E-state index contributed by atoms with van der Waals surface area (Å²) in [7, 11) is 0. The second-order valence-corrected chi connectivity index (χ2v) is 11.8. The third-order valence-corrected chi connectivity index (χ3v) is 9.39. The molecule has 226 valence electrons. The lowest BCUT2D eigenvalue weighted by Gasteiger charge is -2.38. The van der Waals surface area contributed by atoms with Crippen molar-refractivity contribution in [1.29, 1.82) is 0 Å². The number of nitrogens with zero attached hydrogens (tertiary/aromatic N) is 3. The third-order valence-electron chi connectivity index (χ3n) is 9.09. The van der Waals surface area contributed by atoms with Crippen LogP contribution in [0.3, 0.4) is 0 Å². The Morgan fingerprint density at radius 3 is 2.44 bits per heavy atom. The van der Waals surface area contributed by atoms with Gasteiger partial charge < -0.3 is 29.3 Å². The molecule has 9 nitrogen and oxygen atoms in total. The number of aryl methyl sites for hydroxylation is 1.